The largest absolute Gasteiger partial charge is 0.494 e. The van der Waals surface area contributed by atoms with Crippen LogP contribution in [-0.2, 0) is 25.6 Å². The van der Waals surface area contributed by atoms with E-state index in [0.29, 0.717) is 45.0 Å². The van der Waals surface area contributed by atoms with Crippen LogP contribution < -0.4 is 16.0 Å². The molecule has 8 nitrogen and oxygen atoms in total. The summed E-state index contributed by atoms with van der Waals surface area (Å²) in [6, 6.07) is 6.27. The van der Waals surface area contributed by atoms with Crippen LogP contribution in [0.1, 0.15) is 121 Å². The van der Waals surface area contributed by atoms with Gasteiger partial charge >= 0.3 is 5.97 Å². The highest BCUT2D eigenvalue weighted by Gasteiger charge is 2.37. The summed E-state index contributed by atoms with van der Waals surface area (Å²) in [7, 11) is 0. The summed E-state index contributed by atoms with van der Waals surface area (Å²) in [5.41, 5.74) is 5.65. The van der Waals surface area contributed by atoms with Gasteiger partial charge in [-0.25, -0.2) is 5.84 Å². The Morgan fingerprint density at radius 3 is 2.45 bits per heavy atom. The first-order valence-electron chi connectivity index (χ1n) is 15.6. The highest BCUT2D eigenvalue weighted by molar-refractivity contribution is 5.94. The molecule has 222 valence electrons. The average Bonchev–Trinajstić information content (AvgIpc) is 3.34. The molecule has 0 spiro atoms. The molecule has 2 atom stereocenters. The molecule has 8 heteroatoms. The van der Waals surface area contributed by atoms with E-state index in [9.17, 15) is 9.59 Å². The number of hydrogen-bond donors (Lipinski definition) is 2. The van der Waals surface area contributed by atoms with Crippen molar-refractivity contribution in [3.05, 3.63) is 29.5 Å². The van der Waals surface area contributed by atoms with Gasteiger partial charge in [-0.05, 0) is 69.1 Å². The van der Waals surface area contributed by atoms with Crippen LogP contribution in [0.3, 0.4) is 0 Å². The lowest BCUT2D eigenvalue weighted by molar-refractivity contribution is -0.143. The van der Waals surface area contributed by atoms with Crippen molar-refractivity contribution >= 4 is 22.8 Å². The summed E-state index contributed by atoms with van der Waals surface area (Å²) in [5.74, 6) is 6.42. The van der Waals surface area contributed by atoms with Gasteiger partial charge in [-0.2, -0.15) is 0 Å². The molecule has 2 unspecified atom stereocenters. The number of aromatic nitrogens is 1. The molecule has 4 rings (SSSR count). The Morgan fingerprint density at radius 2 is 1.75 bits per heavy atom. The number of hydrazine groups is 1. The van der Waals surface area contributed by atoms with Crippen molar-refractivity contribution < 1.29 is 23.8 Å². The van der Waals surface area contributed by atoms with Gasteiger partial charge in [0, 0.05) is 31.0 Å². The van der Waals surface area contributed by atoms with Crippen molar-refractivity contribution in [3.63, 3.8) is 0 Å². The first kappa shape index (κ1) is 30.4. The van der Waals surface area contributed by atoms with E-state index in [-0.39, 0.29) is 23.9 Å². The smallest absolute Gasteiger partial charge is 0.305 e. The van der Waals surface area contributed by atoms with Crippen LogP contribution in [0.25, 0.3) is 10.9 Å². The van der Waals surface area contributed by atoms with E-state index in [1.807, 2.05) is 13.0 Å². The molecule has 1 amide bonds. The number of fused-ring (bicyclic) bond motifs is 3. The van der Waals surface area contributed by atoms with E-state index < -0.39 is 0 Å². The third-order valence-corrected chi connectivity index (χ3v) is 8.48. The van der Waals surface area contributed by atoms with Gasteiger partial charge < -0.3 is 18.8 Å². The third kappa shape index (κ3) is 7.58. The Morgan fingerprint density at radius 1 is 1.00 bits per heavy atom. The summed E-state index contributed by atoms with van der Waals surface area (Å²) in [5, 5.41) is 1.08. The fourth-order valence-corrected chi connectivity index (χ4v) is 6.55. The average molecular weight is 556 g/mol. The number of ether oxygens (including phenoxy) is 3. The summed E-state index contributed by atoms with van der Waals surface area (Å²) in [4.78, 5) is 24.9. The minimum Gasteiger partial charge on any atom is -0.494 e. The maximum absolute atomic E-state index is 13.0. The first-order valence-corrected chi connectivity index (χ1v) is 15.6. The molecule has 0 saturated heterocycles. The van der Waals surface area contributed by atoms with E-state index in [0.717, 1.165) is 47.3 Å². The van der Waals surface area contributed by atoms with Crippen molar-refractivity contribution in [2.45, 2.75) is 116 Å². The molecule has 1 saturated carbocycles. The van der Waals surface area contributed by atoms with Crippen molar-refractivity contribution in [2.24, 2.45) is 11.8 Å². The number of nitrogens with zero attached hydrogens (tertiary/aromatic N) is 1. The predicted octanol–water partition coefficient (Wildman–Crippen LogP) is 6.45. The predicted molar refractivity (Wildman–Crippen MR) is 157 cm³/mol. The summed E-state index contributed by atoms with van der Waals surface area (Å²) in [6.45, 7) is 6.36. The minimum absolute atomic E-state index is 0.150. The Hall–Kier alpha value is -2.58. The van der Waals surface area contributed by atoms with Crippen molar-refractivity contribution in [3.8, 4) is 5.75 Å². The zero-order valence-corrected chi connectivity index (χ0v) is 24.6. The summed E-state index contributed by atoms with van der Waals surface area (Å²) < 4.78 is 20.1. The number of esters is 1. The number of amides is 1. The minimum atomic E-state index is -0.328. The SMILES string of the molecule is CCCOc1ccc2c3c(n(CC4CCCCCCCC4)c2c1)C(OCCCC(=O)OCC)CCC3C(=O)NN. The molecule has 40 heavy (non-hydrogen) atoms. The second-order valence-electron chi connectivity index (χ2n) is 11.4. The topological polar surface area (TPSA) is 105 Å². The van der Waals surface area contributed by atoms with Crippen LogP contribution in [0.4, 0.5) is 0 Å². The lowest BCUT2D eigenvalue weighted by atomic mass is 9.83. The van der Waals surface area contributed by atoms with Gasteiger partial charge in [0.1, 0.15) is 5.75 Å². The van der Waals surface area contributed by atoms with Gasteiger partial charge in [0.15, 0.2) is 0 Å². The van der Waals surface area contributed by atoms with Gasteiger partial charge in [-0.1, -0.05) is 45.4 Å². The Balaban J connectivity index is 1.72. The number of nitrogens with one attached hydrogen (secondary N) is 1. The normalized spacial score (nSPS) is 20.3. The van der Waals surface area contributed by atoms with Gasteiger partial charge in [0.2, 0.25) is 5.91 Å². The summed E-state index contributed by atoms with van der Waals surface area (Å²) >= 11 is 0. The maximum atomic E-state index is 13.0. The number of benzene rings is 1. The van der Waals surface area contributed by atoms with Crippen LogP contribution >= 0.6 is 0 Å². The van der Waals surface area contributed by atoms with E-state index in [1.165, 1.54) is 51.4 Å². The Labute approximate surface area is 239 Å². The number of rotatable bonds is 12. The lowest BCUT2D eigenvalue weighted by Crippen LogP contribution is -2.37. The molecule has 1 heterocycles. The zero-order valence-electron chi connectivity index (χ0n) is 24.6. The van der Waals surface area contributed by atoms with Crippen molar-refractivity contribution in [1.29, 1.82) is 0 Å². The van der Waals surface area contributed by atoms with Crippen molar-refractivity contribution in [2.75, 3.05) is 19.8 Å². The monoisotopic (exact) mass is 555 g/mol. The molecule has 2 aliphatic rings. The molecule has 0 aliphatic heterocycles. The molecule has 3 N–H and O–H groups in total. The van der Waals surface area contributed by atoms with Gasteiger partial charge in [-0.15, -0.1) is 0 Å². The number of carbonyl (C=O) groups is 2. The quantitative estimate of drug-likeness (QED) is 0.103. The van der Waals surface area contributed by atoms with Crippen LogP contribution in [0.2, 0.25) is 0 Å². The summed E-state index contributed by atoms with van der Waals surface area (Å²) in [6.07, 6.45) is 13.4. The van der Waals surface area contributed by atoms with Crippen molar-refractivity contribution in [1.82, 2.24) is 9.99 Å². The number of carbonyl (C=O) groups excluding carboxylic acids is 2. The highest BCUT2D eigenvalue weighted by Crippen LogP contribution is 2.46. The van der Waals surface area contributed by atoms with E-state index in [2.05, 4.69) is 29.0 Å². The second kappa shape index (κ2) is 15.4. The molecule has 1 aromatic carbocycles. The molecule has 2 aliphatic carbocycles. The van der Waals surface area contributed by atoms with E-state index >= 15 is 0 Å². The van der Waals surface area contributed by atoms with Gasteiger partial charge in [0.05, 0.1) is 36.4 Å². The molecule has 0 bridgehead atoms. The fourth-order valence-electron chi connectivity index (χ4n) is 6.55. The maximum Gasteiger partial charge on any atom is 0.305 e. The van der Waals surface area contributed by atoms with Gasteiger partial charge in [-0.3, -0.25) is 15.0 Å². The molecule has 1 fully saturated rings. The van der Waals surface area contributed by atoms with Gasteiger partial charge in [0.25, 0.3) is 0 Å². The van der Waals surface area contributed by atoms with Crippen LogP contribution in [0.5, 0.6) is 5.75 Å². The number of hydrogen-bond acceptors (Lipinski definition) is 6. The fraction of sp³-hybridized carbons (Fsp3) is 0.688. The second-order valence-corrected chi connectivity index (χ2v) is 11.4. The first-order chi connectivity index (χ1) is 19.6. The molecule has 2 aromatic rings. The van der Waals surface area contributed by atoms with E-state index in [1.54, 1.807) is 0 Å². The number of nitrogens with two attached hydrogens (primary N) is 1. The molecule has 1 aromatic heterocycles. The van der Waals surface area contributed by atoms with E-state index in [4.69, 9.17) is 20.1 Å². The Bertz CT molecular complexity index is 1100. The highest BCUT2D eigenvalue weighted by atomic mass is 16.5. The Kier molecular flexibility index (Phi) is 11.7. The van der Waals surface area contributed by atoms with Crippen LogP contribution in [-0.4, -0.2) is 36.3 Å². The van der Waals surface area contributed by atoms with Crippen LogP contribution in [0, 0.1) is 5.92 Å². The molecule has 0 radical (unpaired) electrons. The molecular weight excluding hydrogens is 506 g/mol. The standard InChI is InChI=1S/C32H49N3O5/c1-3-19-39-24-15-16-25-27(21-24)35(22-23-12-9-7-5-6-8-10-13-23)31-28(40-20-11-14-29(36)38-4-2)18-17-26(30(25)31)32(37)34-33/h15-16,21,23,26,28H,3-14,17-20,22,33H2,1-2H3,(H,34,37). The third-order valence-electron chi connectivity index (χ3n) is 8.48. The molecular formula is C32H49N3O5. The lowest BCUT2D eigenvalue weighted by Gasteiger charge is -2.31. The zero-order chi connectivity index (χ0) is 28.3. The van der Waals surface area contributed by atoms with Crippen LogP contribution in [0.15, 0.2) is 18.2 Å².